The van der Waals surface area contributed by atoms with Crippen molar-refractivity contribution >= 4 is 11.6 Å². The number of rotatable bonds is 4. The minimum Gasteiger partial charge on any atom is -0.481 e. The molecular formula is C11H14N4O2. The summed E-state index contributed by atoms with van der Waals surface area (Å²) in [7, 11) is 0. The van der Waals surface area contributed by atoms with Gasteiger partial charge in [-0.1, -0.05) is 6.92 Å². The molecule has 0 aromatic carbocycles. The molecule has 0 fully saturated rings. The maximum Gasteiger partial charge on any atom is 0.303 e. The summed E-state index contributed by atoms with van der Waals surface area (Å²) in [6, 6.07) is 3.72. The zero-order valence-electron chi connectivity index (χ0n) is 9.79. The molecule has 0 aliphatic rings. The fourth-order valence-corrected chi connectivity index (χ4v) is 1.73. The summed E-state index contributed by atoms with van der Waals surface area (Å²) in [5.41, 5.74) is 1.57. The van der Waals surface area contributed by atoms with Gasteiger partial charge in [0.15, 0.2) is 11.5 Å². The molecule has 0 saturated heterocycles. The number of nitrogens with zero attached hydrogens (tertiary/aromatic N) is 4. The highest BCUT2D eigenvalue weighted by atomic mass is 16.4. The first-order valence-corrected chi connectivity index (χ1v) is 5.46. The molecule has 2 aromatic rings. The van der Waals surface area contributed by atoms with Gasteiger partial charge in [-0.15, -0.1) is 10.2 Å². The zero-order valence-corrected chi connectivity index (χ0v) is 9.79. The van der Waals surface area contributed by atoms with E-state index < -0.39 is 5.97 Å². The van der Waals surface area contributed by atoms with E-state index in [4.69, 9.17) is 5.11 Å². The van der Waals surface area contributed by atoms with Gasteiger partial charge in [0, 0.05) is 12.8 Å². The molecule has 17 heavy (non-hydrogen) atoms. The lowest BCUT2D eigenvalue weighted by Gasteiger charge is -2.06. The van der Waals surface area contributed by atoms with Gasteiger partial charge in [0.05, 0.1) is 5.69 Å². The van der Waals surface area contributed by atoms with Crippen LogP contribution in [0.3, 0.4) is 0 Å². The third kappa shape index (κ3) is 2.58. The molecule has 0 saturated carbocycles. The number of hydrogen-bond acceptors (Lipinski definition) is 4. The summed E-state index contributed by atoms with van der Waals surface area (Å²) < 4.78 is 1.67. The number of aromatic nitrogens is 4. The second kappa shape index (κ2) is 4.48. The van der Waals surface area contributed by atoms with E-state index in [-0.39, 0.29) is 12.3 Å². The van der Waals surface area contributed by atoms with E-state index in [1.165, 1.54) is 0 Å². The molecule has 2 aromatic heterocycles. The summed E-state index contributed by atoms with van der Waals surface area (Å²) in [6.45, 7) is 3.77. The van der Waals surface area contributed by atoms with Crippen molar-refractivity contribution in [2.75, 3.05) is 0 Å². The maximum absolute atomic E-state index is 10.6. The van der Waals surface area contributed by atoms with Crippen molar-refractivity contribution in [3.05, 3.63) is 23.7 Å². The third-order valence-electron chi connectivity index (χ3n) is 2.51. The molecular weight excluding hydrogens is 220 g/mol. The van der Waals surface area contributed by atoms with Crippen molar-refractivity contribution in [3.63, 3.8) is 0 Å². The Kier molecular flexibility index (Phi) is 3.03. The topological polar surface area (TPSA) is 80.4 Å². The minimum atomic E-state index is -0.796. The quantitative estimate of drug-likeness (QED) is 0.856. The van der Waals surface area contributed by atoms with Gasteiger partial charge >= 0.3 is 5.97 Å². The maximum atomic E-state index is 10.6. The van der Waals surface area contributed by atoms with Crippen LogP contribution in [0.5, 0.6) is 0 Å². The summed E-state index contributed by atoms with van der Waals surface area (Å²) in [6.07, 6.45) is 0.685. The van der Waals surface area contributed by atoms with Crippen LogP contribution in [-0.2, 0) is 11.2 Å². The highest BCUT2D eigenvalue weighted by molar-refractivity contribution is 5.66. The van der Waals surface area contributed by atoms with E-state index in [0.29, 0.717) is 17.9 Å². The first-order chi connectivity index (χ1) is 8.06. The standard InChI is InChI=1S/C11H14N4O2/c1-7(6-11(16)17)5-10-13-12-9-4-3-8(2)14-15(9)10/h3-4,7H,5-6H2,1-2H3,(H,16,17). The van der Waals surface area contributed by atoms with E-state index in [9.17, 15) is 4.79 Å². The Morgan fingerprint density at radius 1 is 1.47 bits per heavy atom. The van der Waals surface area contributed by atoms with Gasteiger partial charge in [-0.25, -0.2) is 0 Å². The van der Waals surface area contributed by atoms with Crippen molar-refractivity contribution in [2.24, 2.45) is 5.92 Å². The van der Waals surface area contributed by atoms with E-state index in [0.717, 1.165) is 5.69 Å². The van der Waals surface area contributed by atoms with Crippen LogP contribution in [0, 0.1) is 12.8 Å². The molecule has 2 heterocycles. The van der Waals surface area contributed by atoms with Crippen molar-refractivity contribution < 1.29 is 9.90 Å². The molecule has 0 amide bonds. The second-order valence-corrected chi connectivity index (χ2v) is 4.27. The van der Waals surface area contributed by atoms with E-state index in [1.807, 2.05) is 26.0 Å². The van der Waals surface area contributed by atoms with Crippen LogP contribution in [-0.4, -0.2) is 30.9 Å². The Balaban J connectivity index is 2.24. The van der Waals surface area contributed by atoms with E-state index >= 15 is 0 Å². The first-order valence-electron chi connectivity index (χ1n) is 5.46. The molecule has 0 aliphatic carbocycles. The van der Waals surface area contributed by atoms with Gasteiger partial charge in [0.2, 0.25) is 0 Å². The van der Waals surface area contributed by atoms with Crippen molar-refractivity contribution in [1.82, 2.24) is 19.8 Å². The van der Waals surface area contributed by atoms with E-state index in [2.05, 4.69) is 15.3 Å². The monoisotopic (exact) mass is 234 g/mol. The summed E-state index contributed by atoms with van der Waals surface area (Å²) in [5.74, 6) is -0.0740. The van der Waals surface area contributed by atoms with Gasteiger partial charge in [-0.3, -0.25) is 4.79 Å². The molecule has 0 spiro atoms. The molecule has 6 nitrogen and oxygen atoms in total. The minimum absolute atomic E-state index is 0.0159. The highest BCUT2D eigenvalue weighted by Gasteiger charge is 2.13. The average molecular weight is 234 g/mol. The van der Waals surface area contributed by atoms with Crippen molar-refractivity contribution in [2.45, 2.75) is 26.7 Å². The number of carbonyl (C=O) groups is 1. The molecule has 1 atom stereocenters. The summed E-state index contributed by atoms with van der Waals surface area (Å²) in [4.78, 5) is 10.6. The van der Waals surface area contributed by atoms with Gasteiger partial charge in [0.25, 0.3) is 0 Å². The lowest BCUT2D eigenvalue weighted by atomic mass is 10.0. The second-order valence-electron chi connectivity index (χ2n) is 4.27. The Labute approximate surface area is 98.3 Å². The molecule has 6 heteroatoms. The number of carboxylic acid groups (broad SMARTS) is 1. The Morgan fingerprint density at radius 2 is 2.24 bits per heavy atom. The Morgan fingerprint density at radius 3 is 2.94 bits per heavy atom. The molecule has 90 valence electrons. The fraction of sp³-hybridized carbons (Fsp3) is 0.455. The number of aryl methyl sites for hydroxylation is 1. The molecule has 2 rings (SSSR count). The smallest absolute Gasteiger partial charge is 0.303 e. The largest absolute Gasteiger partial charge is 0.481 e. The lowest BCUT2D eigenvalue weighted by molar-refractivity contribution is -0.137. The molecule has 1 unspecified atom stereocenters. The number of hydrogen-bond donors (Lipinski definition) is 1. The molecule has 0 aliphatic heterocycles. The summed E-state index contributed by atoms with van der Waals surface area (Å²) in [5, 5.41) is 21.1. The average Bonchev–Trinajstić information content (AvgIpc) is 2.60. The van der Waals surface area contributed by atoms with Crippen molar-refractivity contribution in [1.29, 1.82) is 0 Å². The van der Waals surface area contributed by atoms with Crippen LogP contribution in [0.4, 0.5) is 0 Å². The molecule has 0 bridgehead atoms. The van der Waals surface area contributed by atoms with E-state index in [1.54, 1.807) is 4.52 Å². The van der Waals surface area contributed by atoms with Gasteiger partial charge < -0.3 is 5.11 Å². The van der Waals surface area contributed by atoms with Crippen molar-refractivity contribution in [3.8, 4) is 0 Å². The van der Waals surface area contributed by atoms with Crippen LogP contribution in [0.2, 0.25) is 0 Å². The first kappa shape index (κ1) is 11.5. The lowest BCUT2D eigenvalue weighted by Crippen LogP contribution is -2.10. The van der Waals surface area contributed by atoms with Gasteiger partial charge in [-0.2, -0.15) is 9.61 Å². The molecule has 0 radical (unpaired) electrons. The fourth-order valence-electron chi connectivity index (χ4n) is 1.73. The highest BCUT2D eigenvalue weighted by Crippen LogP contribution is 2.11. The predicted octanol–water partition coefficient (Wildman–Crippen LogP) is 1.09. The Hall–Kier alpha value is -1.98. The van der Waals surface area contributed by atoms with Crippen LogP contribution in [0.25, 0.3) is 5.65 Å². The van der Waals surface area contributed by atoms with Gasteiger partial charge in [-0.05, 0) is 25.0 Å². The predicted molar refractivity (Wildman–Crippen MR) is 60.6 cm³/mol. The zero-order chi connectivity index (χ0) is 12.4. The number of carboxylic acids is 1. The summed E-state index contributed by atoms with van der Waals surface area (Å²) >= 11 is 0. The number of fused-ring (bicyclic) bond motifs is 1. The normalized spacial score (nSPS) is 12.8. The van der Waals surface area contributed by atoms with Crippen LogP contribution < -0.4 is 0 Å². The molecule has 1 N–H and O–H groups in total. The Bertz CT molecular complexity index is 549. The third-order valence-corrected chi connectivity index (χ3v) is 2.51. The van der Waals surface area contributed by atoms with Crippen LogP contribution in [0.15, 0.2) is 12.1 Å². The van der Waals surface area contributed by atoms with Gasteiger partial charge in [0.1, 0.15) is 0 Å². The SMILES string of the molecule is Cc1ccc2nnc(CC(C)CC(=O)O)n2n1. The van der Waals surface area contributed by atoms with Crippen LogP contribution in [0.1, 0.15) is 24.9 Å². The van der Waals surface area contributed by atoms with Crippen LogP contribution >= 0.6 is 0 Å². The number of aliphatic carboxylic acids is 1.